The number of carbonyl (C=O) groups excluding carboxylic acids is 1. The van der Waals surface area contributed by atoms with E-state index in [4.69, 9.17) is 5.11 Å². The standard InChI is InChI=1S/C9H8O4.Al.2H2O/c1-6(10)13-8-5-3-2-4-7(8)9(11)12;;;/h2-5H,1H3,(H,11,12);;2*1H2. The highest BCUT2D eigenvalue weighted by Gasteiger charge is 2.10. The van der Waals surface area contributed by atoms with Gasteiger partial charge in [-0.15, -0.1) is 0 Å². The van der Waals surface area contributed by atoms with Crippen LogP contribution >= 0.6 is 0 Å². The molecule has 0 spiro atoms. The van der Waals surface area contributed by atoms with Crippen molar-refractivity contribution in [1.29, 1.82) is 0 Å². The molecule has 7 heteroatoms. The molecule has 1 aromatic rings. The molecule has 0 saturated heterocycles. The molecule has 0 heterocycles. The lowest BCUT2D eigenvalue weighted by Gasteiger charge is -2.03. The van der Waals surface area contributed by atoms with Gasteiger partial charge in [-0.1, -0.05) is 12.1 Å². The second kappa shape index (κ2) is 8.88. The van der Waals surface area contributed by atoms with E-state index in [0.717, 1.165) is 0 Å². The van der Waals surface area contributed by atoms with Crippen LogP contribution < -0.4 is 4.74 Å². The second-order valence-electron chi connectivity index (χ2n) is 2.39. The molecule has 0 amide bonds. The minimum Gasteiger partial charge on any atom is -0.478 e. The van der Waals surface area contributed by atoms with E-state index in [2.05, 4.69) is 4.74 Å². The van der Waals surface area contributed by atoms with Crippen molar-refractivity contribution in [2.75, 3.05) is 0 Å². The molecule has 6 nitrogen and oxygen atoms in total. The molecule has 16 heavy (non-hydrogen) atoms. The van der Waals surface area contributed by atoms with Crippen LogP contribution in [0.25, 0.3) is 0 Å². The summed E-state index contributed by atoms with van der Waals surface area (Å²) in [4.78, 5) is 21.2. The van der Waals surface area contributed by atoms with Gasteiger partial charge in [-0.25, -0.2) is 4.79 Å². The van der Waals surface area contributed by atoms with E-state index in [0.29, 0.717) is 0 Å². The van der Waals surface area contributed by atoms with Crippen LogP contribution in [0.4, 0.5) is 0 Å². The van der Waals surface area contributed by atoms with Crippen LogP contribution in [0.2, 0.25) is 0 Å². The van der Waals surface area contributed by atoms with Crippen molar-refractivity contribution in [3.8, 4) is 5.75 Å². The summed E-state index contributed by atoms with van der Waals surface area (Å²) in [5, 5.41) is 8.69. The highest BCUT2D eigenvalue weighted by molar-refractivity contribution is 5.91. The molecular weight excluding hydrogens is 231 g/mol. The average molecular weight is 243 g/mol. The van der Waals surface area contributed by atoms with E-state index in [9.17, 15) is 9.59 Å². The first kappa shape index (κ1) is 20.1. The number of aromatic carboxylic acids is 1. The van der Waals surface area contributed by atoms with Crippen molar-refractivity contribution in [1.82, 2.24) is 0 Å². The molecule has 0 saturated carbocycles. The van der Waals surface area contributed by atoms with Crippen LogP contribution in [0.3, 0.4) is 0 Å². The smallest absolute Gasteiger partial charge is 0.339 e. The van der Waals surface area contributed by atoms with Crippen LogP contribution in [-0.2, 0) is 4.79 Å². The Morgan fingerprint density at radius 1 is 1.19 bits per heavy atom. The van der Waals surface area contributed by atoms with Crippen LogP contribution in [-0.4, -0.2) is 45.4 Å². The van der Waals surface area contributed by atoms with Gasteiger partial charge in [0.1, 0.15) is 11.3 Å². The Morgan fingerprint density at radius 2 is 1.69 bits per heavy atom. The lowest BCUT2D eigenvalue weighted by atomic mass is 10.2. The summed E-state index contributed by atoms with van der Waals surface area (Å²) in [5.41, 5.74) is -0.0160. The molecule has 0 aromatic heterocycles. The summed E-state index contributed by atoms with van der Waals surface area (Å²) >= 11 is 0. The number of carbonyl (C=O) groups is 2. The average Bonchev–Trinajstić information content (AvgIpc) is 2.03. The number of hydrogen-bond acceptors (Lipinski definition) is 3. The quantitative estimate of drug-likeness (QED) is 0.417. The number of carboxylic acid groups (broad SMARTS) is 1. The summed E-state index contributed by atoms with van der Waals surface area (Å²) in [6, 6.07) is 5.98. The molecule has 1 rings (SSSR count). The summed E-state index contributed by atoms with van der Waals surface area (Å²) in [5.74, 6) is -1.58. The predicted molar refractivity (Wildman–Crippen MR) is 57.7 cm³/mol. The van der Waals surface area contributed by atoms with Gasteiger partial charge in [-0.05, 0) is 12.1 Å². The zero-order chi connectivity index (χ0) is 9.84. The summed E-state index contributed by atoms with van der Waals surface area (Å²) < 4.78 is 4.69. The van der Waals surface area contributed by atoms with Crippen LogP contribution in [0.15, 0.2) is 24.3 Å². The first-order valence-electron chi connectivity index (χ1n) is 3.62. The van der Waals surface area contributed by atoms with Crippen molar-refractivity contribution >= 4 is 29.3 Å². The van der Waals surface area contributed by atoms with Crippen molar-refractivity contribution < 1.29 is 30.4 Å². The molecular formula is C9H12AlO6. The second-order valence-corrected chi connectivity index (χ2v) is 2.39. The number of ether oxygens (including phenoxy) is 1. The Balaban J connectivity index is -0.000000563. The Kier molecular flexibility index (Phi) is 11.1. The number of rotatable bonds is 2. The Bertz CT molecular complexity index is 352. The fraction of sp³-hybridized carbons (Fsp3) is 0.111. The summed E-state index contributed by atoms with van der Waals surface area (Å²) in [7, 11) is 0. The van der Waals surface area contributed by atoms with Gasteiger partial charge in [0.2, 0.25) is 0 Å². The lowest BCUT2D eigenvalue weighted by Crippen LogP contribution is -2.06. The lowest BCUT2D eigenvalue weighted by molar-refractivity contribution is -0.131. The Labute approximate surface area is 103 Å². The number of carboxylic acids is 1. The molecule has 0 atom stereocenters. The van der Waals surface area contributed by atoms with Gasteiger partial charge in [-0.2, -0.15) is 0 Å². The minimum absolute atomic E-state index is 0. The van der Waals surface area contributed by atoms with Gasteiger partial charge in [0.15, 0.2) is 0 Å². The number of benzene rings is 1. The molecule has 5 N–H and O–H groups in total. The van der Waals surface area contributed by atoms with E-state index in [1.54, 1.807) is 12.1 Å². The van der Waals surface area contributed by atoms with Crippen LogP contribution in [0.5, 0.6) is 5.75 Å². The number of esters is 1. The Morgan fingerprint density at radius 3 is 2.12 bits per heavy atom. The number of hydrogen-bond donors (Lipinski definition) is 1. The Hall–Kier alpha value is -1.39. The van der Waals surface area contributed by atoms with E-state index in [1.165, 1.54) is 19.1 Å². The molecule has 1 aromatic carbocycles. The van der Waals surface area contributed by atoms with E-state index in [-0.39, 0.29) is 39.6 Å². The fourth-order valence-corrected chi connectivity index (χ4v) is 0.887. The molecule has 87 valence electrons. The minimum atomic E-state index is -1.11. The van der Waals surface area contributed by atoms with E-state index in [1.807, 2.05) is 0 Å². The molecule has 3 radical (unpaired) electrons. The van der Waals surface area contributed by atoms with Crippen molar-refractivity contribution in [3.63, 3.8) is 0 Å². The molecule has 0 aliphatic carbocycles. The third kappa shape index (κ3) is 5.48. The molecule has 0 unspecified atom stereocenters. The third-order valence-electron chi connectivity index (χ3n) is 1.37. The topological polar surface area (TPSA) is 127 Å². The van der Waals surface area contributed by atoms with Crippen LogP contribution in [0.1, 0.15) is 17.3 Å². The van der Waals surface area contributed by atoms with Gasteiger partial charge in [0, 0.05) is 24.3 Å². The van der Waals surface area contributed by atoms with Gasteiger partial charge < -0.3 is 20.8 Å². The molecule has 0 fully saturated rings. The summed E-state index contributed by atoms with van der Waals surface area (Å²) in [6.07, 6.45) is 0. The zero-order valence-electron chi connectivity index (χ0n) is 8.56. The van der Waals surface area contributed by atoms with Gasteiger partial charge in [0.25, 0.3) is 0 Å². The van der Waals surface area contributed by atoms with Gasteiger partial charge in [0.05, 0.1) is 0 Å². The molecule has 0 bridgehead atoms. The van der Waals surface area contributed by atoms with Crippen molar-refractivity contribution in [2.24, 2.45) is 0 Å². The molecule has 0 aliphatic heterocycles. The first-order chi connectivity index (χ1) is 6.11. The molecule has 0 aliphatic rings. The summed E-state index contributed by atoms with van der Waals surface area (Å²) in [6.45, 7) is 1.22. The van der Waals surface area contributed by atoms with E-state index < -0.39 is 11.9 Å². The fourth-order valence-electron chi connectivity index (χ4n) is 0.887. The van der Waals surface area contributed by atoms with Crippen LogP contribution in [0, 0.1) is 0 Å². The first-order valence-corrected chi connectivity index (χ1v) is 3.62. The van der Waals surface area contributed by atoms with Crippen molar-refractivity contribution in [2.45, 2.75) is 6.92 Å². The van der Waals surface area contributed by atoms with Crippen molar-refractivity contribution in [3.05, 3.63) is 29.8 Å². The highest BCUT2D eigenvalue weighted by Crippen LogP contribution is 2.17. The van der Waals surface area contributed by atoms with Gasteiger partial charge in [-0.3, -0.25) is 4.79 Å². The SMILES string of the molecule is CC(=O)Oc1ccccc1C(=O)O.O.O.[Al]. The largest absolute Gasteiger partial charge is 0.478 e. The predicted octanol–water partition coefficient (Wildman–Crippen LogP) is -0.720. The maximum absolute atomic E-state index is 10.6. The number of para-hydroxylation sites is 1. The maximum atomic E-state index is 10.6. The monoisotopic (exact) mass is 243 g/mol. The maximum Gasteiger partial charge on any atom is 0.339 e. The normalized spacial score (nSPS) is 7.56. The highest BCUT2D eigenvalue weighted by atomic mass is 27.0. The van der Waals surface area contributed by atoms with E-state index >= 15 is 0 Å². The zero-order valence-corrected chi connectivity index (χ0v) is 9.71. The third-order valence-corrected chi connectivity index (χ3v) is 1.37. The van der Waals surface area contributed by atoms with Gasteiger partial charge >= 0.3 is 11.9 Å².